The Morgan fingerprint density at radius 1 is 0.917 bits per heavy atom. The van der Waals surface area contributed by atoms with Crippen LogP contribution in [0.15, 0.2) is 0 Å². The molecular weight excluding hydrogens is 192 g/mol. The predicted octanol–water partition coefficient (Wildman–Crippen LogP) is 3.67. The molecule has 1 rings (SSSR count). The molecule has 0 aromatic rings. The maximum Gasteiger partial charge on any atom is 0.0417 e. The van der Waals surface area contributed by atoms with Gasteiger partial charge in [0.05, 0.1) is 0 Å². The van der Waals surface area contributed by atoms with E-state index in [1.807, 2.05) is 0 Å². The Morgan fingerprint density at radius 3 is 1.58 bits per heavy atom. The first-order valence-corrected chi connectivity index (χ1v) is 15.8. The first-order valence-electron chi connectivity index (χ1n) is 5.22. The van der Waals surface area contributed by atoms with Crippen LogP contribution in [0.5, 0.6) is 0 Å². The van der Waals surface area contributed by atoms with E-state index in [9.17, 15) is 0 Å². The Labute approximate surface area is 80.6 Å². The highest BCUT2D eigenvalue weighted by molar-refractivity contribution is 7.49. The Bertz CT molecular complexity index is 186. The van der Waals surface area contributed by atoms with Crippen LogP contribution in [0.4, 0.5) is 0 Å². The zero-order valence-electron chi connectivity index (χ0n) is 9.62. The Hall–Kier alpha value is 0.651. The topological polar surface area (TPSA) is 0 Å². The molecule has 0 aromatic heterocycles. The molecule has 1 unspecified atom stereocenters. The fourth-order valence-electron chi connectivity index (χ4n) is 3.37. The molecule has 0 amide bonds. The first kappa shape index (κ1) is 10.7. The fraction of sp³-hybridized carbons (Fsp3) is 1.00. The number of hydrogen-bond acceptors (Lipinski definition) is 0. The highest BCUT2D eigenvalue weighted by Crippen LogP contribution is 2.44. The summed E-state index contributed by atoms with van der Waals surface area (Å²) in [5.41, 5.74) is 3.45. The molecule has 0 bridgehead atoms. The maximum absolute atomic E-state index is 2.70. The minimum Gasteiger partial charge on any atom is -0.0715 e. The number of rotatable bonds is 1. The zero-order chi connectivity index (χ0) is 9.62. The van der Waals surface area contributed by atoms with Crippen LogP contribution >= 0.6 is 0 Å². The molecule has 1 aliphatic rings. The molecular formula is C9H24Si3. The van der Waals surface area contributed by atoms with Crippen molar-refractivity contribution in [1.82, 2.24) is 0 Å². The van der Waals surface area contributed by atoms with Gasteiger partial charge in [0, 0.05) is 23.3 Å². The van der Waals surface area contributed by atoms with E-state index in [1.165, 1.54) is 0 Å². The summed E-state index contributed by atoms with van der Waals surface area (Å²) in [5.74, 6) is 0. The second kappa shape index (κ2) is 2.82. The van der Waals surface area contributed by atoms with E-state index in [-0.39, 0.29) is 0 Å². The van der Waals surface area contributed by atoms with Crippen molar-refractivity contribution in [1.29, 1.82) is 0 Å². The van der Waals surface area contributed by atoms with Crippen molar-refractivity contribution in [2.24, 2.45) is 0 Å². The molecule has 0 N–H and O–H groups in total. The third-order valence-corrected chi connectivity index (χ3v) is 37.4. The maximum atomic E-state index is 2.70. The minimum atomic E-state index is -0.729. The van der Waals surface area contributed by atoms with Gasteiger partial charge in [-0.25, -0.2) is 0 Å². The lowest BCUT2D eigenvalue weighted by molar-refractivity contribution is 1.37. The molecule has 0 nitrogen and oxygen atoms in total. The van der Waals surface area contributed by atoms with Gasteiger partial charge in [-0.3, -0.25) is 0 Å². The minimum absolute atomic E-state index is 0.708. The summed E-state index contributed by atoms with van der Waals surface area (Å²) in [6.45, 7) is 15.7. The van der Waals surface area contributed by atoms with Gasteiger partial charge in [0.1, 0.15) is 0 Å². The highest BCUT2D eigenvalue weighted by atomic mass is 29.3. The van der Waals surface area contributed by atoms with E-state index in [1.54, 1.807) is 17.4 Å². The lowest BCUT2D eigenvalue weighted by Gasteiger charge is -2.34. The van der Waals surface area contributed by atoms with E-state index >= 15 is 0 Å². The van der Waals surface area contributed by atoms with Crippen LogP contribution in [0.3, 0.4) is 0 Å². The predicted molar refractivity (Wildman–Crippen MR) is 66.7 cm³/mol. The summed E-state index contributed by atoms with van der Waals surface area (Å²) < 4.78 is 0. The second-order valence-corrected chi connectivity index (χ2v) is 28.8. The average Bonchev–Trinajstić information content (AvgIpc) is 1.98. The Morgan fingerprint density at radius 2 is 1.42 bits per heavy atom. The summed E-state index contributed by atoms with van der Waals surface area (Å²) in [6, 6.07) is 1.56. The van der Waals surface area contributed by atoms with Crippen molar-refractivity contribution < 1.29 is 0 Å². The molecule has 0 spiro atoms. The van der Waals surface area contributed by atoms with Crippen LogP contribution in [-0.2, 0) is 0 Å². The van der Waals surface area contributed by atoms with Crippen molar-refractivity contribution in [2.45, 2.75) is 57.0 Å². The van der Waals surface area contributed by atoms with Crippen LogP contribution in [-0.4, -0.2) is 23.3 Å². The summed E-state index contributed by atoms with van der Waals surface area (Å²) in [5, 5.41) is 0. The molecule has 1 aliphatic heterocycles. The van der Waals surface area contributed by atoms with Crippen molar-refractivity contribution in [3.63, 3.8) is 0 Å². The lowest BCUT2D eigenvalue weighted by Crippen LogP contribution is -2.51. The Balaban J connectivity index is 2.92. The van der Waals surface area contributed by atoms with Gasteiger partial charge >= 0.3 is 0 Å². The van der Waals surface area contributed by atoms with E-state index in [4.69, 9.17) is 0 Å². The molecule has 1 fully saturated rings. The van der Waals surface area contributed by atoms with Crippen LogP contribution in [0.1, 0.15) is 6.92 Å². The van der Waals surface area contributed by atoms with Crippen LogP contribution in [0.25, 0.3) is 0 Å². The summed E-state index contributed by atoms with van der Waals surface area (Å²) in [6.07, 6.45) is 0. The van der Waals surface area contributed by atoms with E-state index in [0.717, 1.165) is 0 Å². The second-order valence-electron chi connectivity index (χ2n) is 6.32. The SMILES string of the molecule is CC[Si]1(C)C[Si](C)(C)C[Si]1(C)C. The third kappa shape index (κ3) is 1.63. The van der Waals surface area contributed by atoms with Gasteiger partial charge in [0.15, 0.2) is 0 Å². The molecule has 0 aromatic carbocycles. The van der Waals surface area contributed by atoms with Crippen LogP contribution in [0.2, 0.25) is 50.1 Å². The smallest absolute Gasteiger partial charge is 0.0417 e. The monoisotopic (exact) mass is 216 g/mol. The average molecular weight is 217 g/mol. The molecule has 0 aliphatic carbocycles. The van der Waals surface area contributed by atoms with Crippen LogP contribution in [0, 0.1) is 0 Å². The molecule has 3 heteroatoms. The lowest BCUT2D eigenvalue weighted by atomic mass is 11.0. The molecule has 12 heavy (non-hydrogen) atoms. The Kier molecular flexibility index (Phi) is 2.52. The van der Waals surface area contributed by atoms with Crippen molar-refractivity contribution >= 4 is 23.3 Å². The van der Waals surface area contributed by atoms with Crippen LogP contribution < -0.4 is 0 Å². The van der Waals surface area contributed by atoms with E-state index in [2.05, 4.69) is 39.7 Å². The van der Waals surface area contributed by atoms with Gasteiger partial charge in [0.2, 0.25) is 0 Å². The van der Waals surface area contributed by atoms with Gasteiger partial charge in [-0.2, -0.15) is 0 Å². The zero-order valence-corrected chi connectivity index (χ0v) is 12.6. The molecule has 1 heterocycles. The summed E-state index contributed by atoms with van der Waals surface area (Å²) >= 11 is 0. The largest absolute Gasteiger partial charge is 0.0715 e. The van der Waals surface area contributed by atoms with Gasteiger partial charge < -0.3 is 0 Å². The molecule has 1 atom stereocenters. The summed E-state index contributed by atoms with van der Waals surface area (Å²) in [7, 11) is -2.16. The third-order valence-electron chi connectivity index (χ3n) is 4.20. The van der Waals surface area contributed by atoms with Gasteiger partial charge in [0.25, 0.3) is 0 Å². The molecule has 1 saturated heterocycles. The van der Waals surface area contributed by atoms with Gasteiger partial charge in [-0.1, -0.05) is 57.0 Å². The highest BCUT2D eigenvalue weighted by Gasteiger charge is 2.54. The van der Waals surface area contributed by atoms with E-state index in [0.29, 0.717) is 0 Å². The number of hydrogen-bond donors (Lipinski definition) is 0. The normalized spacial score (nSPS) is 38.5. The molecule has 72 valence electrons. The van der Waals surface area contributed by atoms with E-state index < -0.39 is 23.3 Å². The standard InChI is InChI=1S/C9H24Si3/c1-7-12(6)9-10(2,3)8-11(12,4)5/h7-9H2,1-6H3. The summed E-state index contributed by atoms with van der Waals surface area (Å²) in [4.78, 5) is 0. The van der Waals surface area contributed by atoms with Gasteiger partial charge in [-0.15, -0.1) is 0 Å². The molecule has 0 saturated carbocycles. The first-order chi connectivity index (χ1) is 5.22. The van der Waals surface area contributed by atoms with Crippen molar-refractivity contribution in [3.05, 3.63) is 0 Å². The quantitative estimate of drug-likeness (QED) is 0.587. The van der Waals surface area contributed by atoms with Crippen molar-refractivity contribution in [3.8, 4) is 0 Å². The van der Waals surface area contributed by atoms with Crippen molar-refractivity contribution in [2.75, 3.05) is 0 Å². The van der Waals surface area contributed by atoms with Gasteiger partial charge in [-0.05, 0) is 0 Å². The fourth-order valence-corrected chi connectivity index (χ4v) is 48.2. The molecule has 0 radical (unpaired) electrons.